The number of phenolic OH excluding ortho intramolecular Hbond substituents is 1. The van der Waals surface area contributed by atoms with E-state index in [4.69, 9.17) is 26.1 Å². The van der Waals surface area contributed by atoms with Gasteiger partial charge in [0.1, 0.15) is 43.3 Å². The molecule has 0 saturated carbocycles. The van der Waals surface area contributed by atoms with E-state index < -0.39 is 107 Å². The molecule has 0 fully saturated rings. The molecule has 0 saturated heterocycles. The molecule has 0 radical (unpaired) electrons. The van der Waals surface area contributed by atoms with Crippen LogP contribution < -0.4 is 36.1 Å². The Balaban J connectivity index is 1.67. The van der Waals surface area contributed by atoms with Crippen LogP contribution in [0.5, 0.6) is 17.2 Å². The third-order valence-corrected chi connectivity index (χ3v) is 12.6. The minimum atomic E-state index is -4.47. The van der Waals surface area contributed by atoms with Crippen molar-refractivity contribution in [2.75, 3.05) is 39.9 Å². The van der Waals surface area contributed by atoms with E-state index in [1.807, 2.05) is 24.3 Å². The Kier molecular flexibility index (Phi) is 18.2. The monoisotopic (exact) mass is 1000 g/mol. The number of nitrogens with two attached hydrogens (primary N) is 3. The van der Waals surface area contributed by atoms with E-state index in [2.05, 4.69) is 40.8 Å². The SMILES string of the molecule is Cc1nc(-c2ccc(C(C)(C)C)cc2)nc(C)c1C(=O)C[C@@H](CNS(N)(=O)=O)C(=O)N(C)[C@@H]1C(=O)C[C@@H](C)C(=O)N[C@H](C(=O)O)Cc2ccc(OC[C@H](O)CN)c(c2)-c2cc1cc(OC[C@H](O)CN)c2O. The number of benzene rings is 3. The van der Waals surface area contributed by atoms with Crippen LogP contribution in [0.1, 0.15) is 85.0 Å². The van der Waals surface area contributed by atoms with E-state index in [9.17, 15) is 52.8 Å². The van der Waals surface area contributed by atoms with E-state index in [0.29, 0.717) is 17.0 Å². The van der Waals surface area contributed by atoms with Crippen molar-refractivity contribution in [3.05, 3.63) is 88.2 Å². The number of rotatable bonds is 18. The van der Waals surface area contributed by atoms with Crippen LogP contribution in [0.2, 0.25) is 0 Å². The van der Waals surface area contributed by atoms with Crippen molar-refractivity contribution >= 4 is 39.6 Å². The molecule has 12 N–H and O–H groups in total. The fourth-order valence-electron chi connectivity index (χ4n) is 8.11. The Morgan fingerprint density at radius 1 is 0.901 bits per heavy atom. The molecule has 2 amide bonds. The molecule has 22 heteroatoms. The molecule has 4 aromatic rings. The predicted molar refractivity (Wildman–Crippen MR) is 261 cm³/mol. The highest BCUT2D eigenvalue weighted by Crippen LogP contribution is 2.45. The minimum Gasteiger partial charge on any atom is -0.504 e. The Hall–Kier alpha value is -6.40. The van der Waals surface area contributed by atoms with Crippen LogP contribution >= 0.6 is 0 Å². The summed E-state index contributed by atoms with van der Waals surface area (Å²) < 4.78 is 38.6. The summed E-state index contributed by atoms with van der Waals surface area (Å²) in [5.74, 6) is -7.77. The number of likely N-dealkylation sites (N-methyl/N-ethyl adjacent to an activating group) is 1. The molecule has 4 bridgehead atoms. The number of aliphatic hydroxyl groups is 2. The number of phenols is 1. The number of aryl methyl sites for hydroxylation is 2. The summed E-state index contributed by atoms with van der Waals surface area (Å²) in [5, 5.41) is 50.6. The molecule has 5 rings (SSSR count). The lowest BCUT2D eigenvalue weighted by Gasteiger charge is -2.32. The average Bonchev–Trinajstić information content (AvgIpc) is 3.30. The Labute approximate surface area is 412 Å². The van der Waals surface area contributed by atoms with Gasteiger partial charge in [-0.1, -0.05) is 58.0 Å². The van der Waals surface area contributed by atoms with Crippen LogP contribution in [0.4, 0.5) is 0 Å². The van der Waals surface area contributed by atoms with Gasteiger partial charge in [0, 0.05) is 68.6 Å². The number of hydrogen-bond donors (Lipinski definition) is 9. The number of aromatic hydroxyl groups is 1. The number of ether oxygens (including phenoxy) is 2. The molecular formula is C49H64N8O13S. The first kappa shape index (κ1) is 55.5. The number of carbonyl (C=O) groups is 5. The molecule has 21 nitrogen and oxygen atoms in total. The van der Waals surface area contributed by atoms with Crippen LogP contribution in [-0.2, 0) is 41.2 Å². The quantitative estimate of drug-likeness (QED) is 0.0641. The average molecular weight is 1010 g/mol. The molecule has 2 heterocycles. The fraction of sp³-hybridized carbons (Fsp3) is 0.449. The van der Waals surface area contributed by atoms with Crippen molar-refractivity contribution in [3.8, 4) is 39.8 Å². The van der Waals surface area contributed by atoms with Crippen LogP contribution in [-0.4, -0.2) is 131 Å². The summed E-state index contributed by atoms with van der Waals surface area (Å²) >= 11 is 0. The van der Waals surface area contributed by atoms with Crippen LogP contribution in [0.3, 0.4) is 0 Å². The normalized spacial score (nSPS) is 17.8. The van der Waals surface area contributed by atoms with E-state index in [1.54, 1.807) is 13.8 Å². The third kappa shape index (κ3) is 14.1. The highest BCUT2D eigenvalue weighted by Gasteiger charge is 2.38. The number of ketones is 2. The van der Waals surface area contributed by atoms with Crippen molar-refractivity contribution in [1.82, 2.24) is 24.9 Å². The highest BCUT2D eigenvalue weighted by molar-refractivity contribution is 7.87. The van der Waals surface area contributed by atoms with Gasteiger partial charge in [-0.25, -0.2) is 24.6 Å². The first-order chi connectivity index (χ1) is 33.2. The van der Waals surface area contributed by atoms with Crippen molar-refractivity contribution in [3.63, 3.8) is 0 Å². The van der Waals surface area contributed by atoms with E-state index >= 15 is 0 Å². The summed E-state index contributed by atoms with van der Waals surface area (Å²) in [4.78, 5) is 80.5. The van der Waals surface area contributed by atoms with Crippen LogP contribution in [0.15, 0.2) is 54.6 Å². The number of aromatic nitrogens is 2. The zero-order valence-electron chi connectivity index (χ0n) is 40.8. The molecule has 1 aromatic heterocycles. The van der Waals surface area contributed by atoms with Crippen LogP contribution in [0.25, 0.3) is 22.5 Å². The summed E-state index contributed by atoms with van der Waals surface area (Å²) in [6.45, 7) is 8.92. The molecule has 71 heavy (non-hydrogen) atoms. The van der Waals surface area contributed by atoms with E-state index in [-0.39, 0.29) is 76.7 Å². The second kappa shape index (κ2) is 23.2. The molecule has 1 aliphatic heterocycles. The molecule has 0 aliphatic carbocycles. The summed E-state index contributed by atoms with van der Waals surface area (Å²) in [6, 6.07) is 11.5. The van der Waals surface area contributed by atoms with Gasteiger partial charge in [-0.2, -0.15) is 8.42 Å². The number of aliphatic carboxylic acids is 1. The topological polar surface area (TPSA) is 350 Å². The number of nitrogens with zero attached hydrogens (tertiary/aromatic N) is 3. The molecule has 384 valence electrons. The second-order valence-corrected chi connectivity index (χ2v) is 20.2. The van der Waals surface area contributed by atoms with Crippen molar-refractivity contribution in [1.29, 1.82) is 0 Å². The van der Waals surface area contributed by atoms with Gasteiger partial charge in [0.15, 0.2) is 28.9 Å². The first-order valence-electron chi connectivity index (χ1n) is 22.8. The largest absolute Gasteiger partial charge is 0.504 e. The summed E-state index contributed by atoms with van der Waals surface area (Å²) in [5.41, 5.74) is 13.9. The maximum Gasteiger partial charge on any atom is 0.326 e. The lowest BCUT2D eigenvalue weighted by molar-refractivity contribution is -0.143. The lowest BCUT2D eigenvalue weighted by atomic mass is 9.86. The highest BCUT2D eigenvalue weighted by atomic mass is 32.2. The number of carbonyl (C=O) groups excluding carboxylic acids is 4. The second-order valence-electron chi connectivity index (χ2n) is 18.8. The zero-order chi connectivity index (χ0) is 52.7. The lowest BCUT2D eigenvalue weighted by Crippen LogP contribution is -2.46. The van der Waals surface area contributed by atoms with Crippen LogP contribution in [0, 0.1) is 25.7 Å². The first-order valence-corrected chi connectivity index (χ1v) is 24.4. The molecule has 3 aromatic carbocycles. The number of carboxylic acids is 1. The molecular weight excluding hydrogens is 941 g/mol. The van der Waals surface area contributed by atoms with Crippen molar-refractivity contribution < 1.29 is 62.3 Å². The van der Waals surface area contributed by atoms with E-state index in [0.717, 1.165) is 10.5 Å². The Morgan fingerprint density at radius 2 is 1.49 bits per heavy atom. The summed E-state index contributed by atoms with van der Waals surface area (Å²) in [6.07, 6.45) is -3.85. The van der Waals surface area contributed by atoms with Gasteiger partial charge in [-0.3, -0.25) is 19.2 Å². The molecule has 0 unspecified atom stereocenters. The Morgan fingerprint density at radius 3 is 2.04 bits per heavy atom. The number of aliphatic hydroxyl groups excluding tert-OH is 2. The standard InChI is InChI=1S/C49H64N8O13S/c1-25-14-39(61)43(57(7)47(64)31(22-53-71(52,67)68)18-38(60)42-26(2)54-45(55-27(42)3)29-9-11-32(12-10-29)49(4,5)6)30-17-36(44(62)41(19-30)70-24-34(59)21-51)35-15-28(16-37(48(65)66)56-46(25)63)8-13-40(35)69-23-33(58)20-50/h8-13,15,17,19,25,31,33-34,37,43,53,58-59,62H,14,16,18,20-24,50-51H2,1-7H3,(H,56,63)(H,65,66)(H2,52,67,68)/t25-,31+,33-,34-,37+,43+/m1/s1. The van der Waals surface area contributed by atoms with Gasteiger partial charge >= 0.3 is 5.97 Å². The van der Waals surface area contributed by atoms with Gasteiger partial charge in [0.25, 0.3) is 10.2 Å². The van der Waals surface area contributed by atoms with Crippen molar-refractivity contribution in [2.45, 2.75) is 90.5 Å². The van der Waals surface area contributed by atoms with Gasteiger partial charge in [-0.15, -0.1) is 0 Å². The van der Waals surface area contributed by atoms with Gasteiger partial charge < -0.3 is 51.6 Å². The summed E-state index contributed by atoms with van der Waals surface area (Å²) in [7, 11) is -3.24. The number of nitrogens with one attached hydrogen (secondary N) is 2. The maximum absolute atomic E-state index is 15.0. The van der Waals surface area contributed by atoms with Gasteiger partial charge in [-0.05, 0) is 60.2 Å². The predicted octanol–water partition coefficient (Wildman–Crippen LogP) is 1.73. The number of Topliss-reactive ketones (excluding diaryl/α,β-unsaturated/α-hetero) is 2. The number of carboxylic acid groups (broad SMARTS) is 1. The fourth-order valence-corrected chi connectivity index (χ4v) is 8.54. The molecule has 6 atom stereocenters. The van der Waals surface area contributed by atoms with Gasteiger partial charge in [0.05, 0.1) is 22.9 Å². The number of hydrogen-bond acceptors (Lipinski definition) is 16. The van der Waals surface area contributed by atoms with E-state index in [1.165, 1.54) is 44.3 Å². The Bertz CT molecular complexity index is 2720. The molecule has 1 aliphatic rings. The minimum absolute atomic E-state index is 0.0296. The molecule has 0 spiro atoms. The maximum atomic E-state index is 15.0. The number of fused-ring (bicyclic) bond motifs is 5. The van der Waals surface area contributed by atoms with Gasteiger partial charge in [0.2, 0.25) is 11.8 Å². The smallest absolute Gasteiger partial charge is 0.326 e. The zero-order valence-corrected chi connectivity index (χ0v) is 41.6. The third-order valence-electron chi connectivity index (χ3n) is 12.1. The number of amides is 2. The van der Waals surface area contributed by atoms with Crippen molar-refractivity contribution in [2.24, 2.45) is 28.4 Å².